The molecule has 1 aliphatic rings. The lowest BCUT2D eigenvalue weighted by molar-refractivity contribution is 0.386. The smallest absolute Gasteiger partial charge is 0.207 e. The normalized spacial score (nSPS) is 15.7. The fourth-order valence-electron chi connectivity index (χ4n) is 3.75. The number of thiazole rings is 1. The summed E-state index contributed by atoms with van der Waals surface area (Å²) in [6.07, 6.45) is 0.792. The molecule has 4 nitrogen and oxygen atoms in total. The van der Waals surface area contributed by atoms with Crippen LogP contribution in [0.5, 0.6) is 5.75 Å². The van der Waals surface area contributed by atoms with E-state index in [1.165, 1.54) is 30.1 Å². The number of ether oxygens (including phenoxy) is 1. The second kappa shape index (κ2) is 8.32. The maximum absolute atomic E-state index is 14.2. The van der Waals surface area contributed by atoms with Gasteiger partial charge in [0.1, 0.15) is 0 Å². The van der Waals surface area contributed by atoms with Crippen molar-refractivity contribution < 1.29 is 9.13 Å². The number of benzene rings is 3. The van der Waals surface area contributed by atoms with Crippen molar-refractivity contribution in [3.63, 3.8) is 0 Å². The average molecular weight is 430 g/mol. The number of anilines is 1. The summed E-state index contributed by atoms with van der Waals surface area (Å²) < 4.78 is 19.2. The van der Waals surface area contributed by atoms with Crippen molar-refractivity contribution in [1.82, 2.24) is 4.98 Å². The molecular formula is C25H20FN3OS. The summed E-state index contributed by atoms with van der Waals surface area (Å²) in [6, 6.07) is 25.5. The lowest BCUT2D eigenvalue weighted by Gasteiger charge is -2.21. The summed E-state index contributed by atoms with van der Waals surface area (Å²) >= 11 is 1.51. The highest BCUT2D eigenvalue weighted by Crippen LogP contribution is 2.39. The van der Waals surface area contributed by atoms with Crippen molar-refractivity contribution >= 4 is 22.2 Å². The Morgan fingerprint density at radius 1 is 0.968 bits per heavy atom. The Balaban J connectivity index is 1.52. The summed E-state index contributed by atoms with van der Waals surface area (Å²) in [5.74, 6) is -0.178. The number of aromatic nitrogens is 1. The molecule has 1 aliphatic heterocycles. The Morgan fingerprint density at radius 2 is 1.71 bits per heavy atom. The molecule has 0 N–H and O–H groups in total. The predicted molar refractivity (Wildman–Crippen MR) is 123 cm³/mol. The number of hydrogen-bond donors (Lipinski definition) is 0. The highest BCUT2D eigenvalue weighted by molar-refractivity contribution is 7.14. The Labute approximate surface area is 184 Å². The molecule has 1 atom stereocenters. The zero-order valence-electron chi connectivity index (χ0n) is 16.9. The van der Waals surface area contributed by atoms with Crippen LogP contribution in [0.1, 0.15) is 23.6 Å². The van der Waals surface area contributed by atoms with Crippen molar-refractivity contribution in [1.29, 1.82) is 0 Å². The van der Waals surface area contributed by atoms with Gasteiger partial charge >= 0.3 is 0 Å². The molecule has 0 saturated carbocycles. The van der Waals surface area contributed by atoms with Gasteiger partial charge in [0.2, 0.25) is 5.13 Å². The third kappa shape index (κ3) is 3.82. The maximum atomic E-state index is 14.2. The van der Waals surface area contributed by atoms with Crippen LogP contribution in [-0.2, 0) is 0 Å². The van der Waals surface area contributed by atoms with E-state index in [4.69, 9.17) is 14.8 Å². The standard InChI is InChI=1S/C25H20FN3OS/c1-30-24-13-12-19(14-20(24)26)22-16-31-25(27-22)29-23(18-10-6-3-7-11-18)15-21(28-29)17-8-4-2-5-9-17/h2-14,16,23H,15H2,1H3/t23-/m1/s1. The molecule has 31 heavy (non-hydrogen) atoms. The topological polar surface area (TPSA) is 37.7 Å². The highest BCUT2D eigenvalue weighted by Gasteiger charge is 2.31. The van der Waals surface area contributed by atoms with Crippen LogP contribution >= 0.6 is 11.3 Å². The molecule has 0 unspecified atom stereocenters. The lowest BCUT2D eigenvalue weighted by Crippen LogP contribution is -2.18. The third-order valence-corrected chi connectivity index (χ3v) is 6.17. The van der Waals surface area contributed by atoms with Crippen LogP contribution in [0.25, 0.3) is 11.3 Å². The van der Waals surface area contributed by atoms with Crippen LogP contribution in [0.3, 0.4) is 0 Å². The molecule has 3 aromatic carbocycles. The van der Waals surface area contributed by atoms with Crippen molar-refractivity contribution in [2.75, 3.05) is 12.1 Å². The van der Waals surface area contributed by atoms with E-state index in [0.717, 1.165) is 28.5 Å². The highest BCUT2D eigenvalue weighted by atomic mass is 32.1. The monoisotopic (exact) mass is 429 g/mol. The van der Waals surface area contributed by atoms with Crippen LogP contribution in [0.15, 0.2) is 89.3 Å². The first-order valence-electron chi connectivity index (χ1n) is 9.99. The average Bonchev–Trinajstić information content (AvgIpc) is 3.48. The first-order valence-corrected chi connectivity index (χ1v) is 10.9. The predicted octanol–water partition coefficient (Wildman–Crippen LogP) is 6.31. The molecule has 0 fully saturated rings. The van der Waals surface area contributed by atoms with Gasteiger partial charge in [-0.05, 0) is 29.3 Å². The van der Waals surface area contributed by atoms with E-state index in [9.17, 15) is 4.39 Å². The van der Waals surface area contributed by atoms with E-state index in [-0.39, 0.29) is 11.8 Å². The Bertz CT molecular complexity index is 1220. The molecule has 6 heteroatoms. The molecule has 5 rings (SSSR count). The molecule has 0 aliphatic carbocycles. The van der Waals surface area contributed by atoms with Gasteiger partial charge < -0.3 is 4.74 Å². The first-order chi connectivity index (χ1) is 15.2. The van der Waals surface area contributed by atoms with Gasteiger partial charge in [-0.25, -0.2) is 14.4 Å². The summed E-state index contributed by atoms with van der Waals surface area (Å²) in [6.45, 7) is 0. The van der Waals surface area contributed by atoms with Crippen molar-refractivity contribution in [2.24, 2.45) is 5.10 Å². The summed E-state index contributed by atoms with van der Waals surface area (Å²) in [5.41, 5.74) is 4.76. The van der Waals surface area contributed by atoms with Gasteiger partial charge in [-0.15, -0.1) is 11.3 Å². The fraction of sp³-hybridized carbons (Fsp3) is 0.120. The molecule has 0 bridgehead atoms. The first kappa shape index (κ1) is 19.5. The zero-order chi connectivity index (χ0) is 21.2. The van der Waals surface area contributed by atoms with Crippen molar-refractivity contribution in [2.45, 2.75) is 12.5 Å². The minimum Gasteiger partial charge on any atom is -0.494 e. The molecule has 4 aromatic rings. The number of hydrazone groups is 1. The maximum Gasteiger partial charge on any atom is 0.207 e. The van der Waals surface area contributed by atoms with E-state index in [1.807, 2.05) is 52.9 Å². The minimum absolute atomic E-state index is 0.0583. The van der Waals surface area contributed by atoms with Crippen LogP contribution in [0.4, 0.5) is 9.52 Å². The van der Waals surface area contributed by atoms with Crippen LogP contribution < -0.4 is 9.75 Å². The van der Waals surface area contributed by atoms with Crippen LogP contribution in [0, 0.1) is 5.82 Å². The summed E-state index contributed by atoms with van der Waals surface area (Å²) in [5, 5.41) is 9.66. The number of methoxy groups -OCH3 is 1. The quantitative estimate of drug-likeness (QED) is 0.373. The SMILES string of the molecule is COc1ccc(-c2csc(N3N=C(c4ccccc4)C[C@@H]3c3ccccc3)n2)cc1F. The zero-order valence-corrected chi connectivity index (χ0v) is 17.7. The van der Waals surface area contributed by atoms with E-state index in [2.05, 4.69) is 24.3 Å². The van der Waals surface area contributed by atoms with E-state index >= 15 is 0 Å². The van der Waals surface area contributed by atoms with Crippen LogP contribution in [0.2, 0.25) is 0 Å². The minimum atomic E-state index is -0.401. The molecular weight excluding hydrogens is 409 g/mol. The van der Waals surface area contributed by atoms with Gasteiger partial charge in [0.15, 0.2) is 11.6 Å². The van der Waals surface area contributed by atoms with Gasteiger partial charge in [0, 0.05) is 17.4 Å². The second-order valence-corrected chi connectivity index (χ2v) is 8.09. The summed E-state index contributed by atoms with van der Waals surface area (Å²) in [4.78, 5) is 4.79. The Kier molecular flexibility index (Phi) is 5.22. The van der Waals surface area contributed by atoms with Crippen LogP contribution in [-0.4, -0.2) is 17.8 Å². The Morgan fingerprint density at radius 3 is 2.42 bits per heavy atom. The van der Waals surface area contributed by atoms with Crippen molar-refractivity contribution in [3.8, 4) is 17.0 Å². The lowest BCUT2D eigenvalue weighted by atomic mass is 9.99. The molecule has 0 saturated heterocycles. The second-order valence-electron chi connectivity index (χ2n) is 7.25. The molecule has 2 heterocycles. The molecule has 1 aromatic heterocycles. The number of nitrogens with zero attached hydrogens (tertiary/aromatic N) is 3. The molecule has 0 spiro atoms. The number of hydrogen-bond acceptors (Lipinski definition) is 5. The van der Waals surface area contributed by atoms with E-state index < -0.39 is 5.82 Å². The van der Waals surface area contributed by atoms with Gasteiger partial charge in [-0.2, -0.15) is 5.10 Å². The van der Waals surface area contributed by atoms with Gasteiger partial charge in [0.25, 0.3) is 0 Å². The fourth-order valence-corrected chi connectivity index (χ4v) is 4.59. The van der Waals surface area contributed by atoms with Gasteiger partial charge in [0.05, 0.1) is 24.6 Å². The largest absolute Gasteiger partial charge is 0.494 e. The molecule has 154 valence electrons. The summed E-state index contributed by atoms with van der Waals surface area (Å²) in [7, 11) is 1.46. The molecule has 0 radical (unpaired) electrons. The number of rotatable bonds is 5. The molecule has 0 amide bonds. The Hall–Kier alpha value is -3.51. The van der Waals surface area contributed by atoms with Gasteiger partial charge in [-0.3, -0.25) is 0 Å². The van der Waals surface area contributed by atoms with E-state index in [0.29, 0.717) is 5.56 Å². The number of halogens is 1. The van der Waals surface area contributed by atoms with E-state index in [1.54, 1.807) is 6.07 Å². The van der Waals surface area contributed by atoms with Gasteiger partial charge in [-0.1, -0.05) is 60.7 Å². The van der Waals surface area contributed by atoms with Crippen molar-refractivity contribution in [3.05, 3.63) is 101 Å². The third-order valence-electron chi connectivity index (χ3n) is 5.34.